The Hall–Kier alpha value is -3.15. The van der Waals surface area contributed by atoms with Gasteiger partial charge in [-0.15, -0.1) is 0 Å². The summed E-state index contributed by atoms with van der Waals surface area (Å²) in [7, 11) is 3.85. The Balaban J connectivity index is 2.02. The lowest BCUT2D eigenvalue weighted by Gasteiger charge is -2.09. The van der Waals surface area contributed by atoms with Gasteiger partial charge in [0.1, 0.15) is 11.6 Å². The molecule has 0 unspecified atom stereocenters. The molecule has 0 aliphatic carbocycles. The van der Waals surface area contributed by atoms with Crippen molar-refractivity contribution >= 4 is 33.3 Å². The van der Waals surface area contributed by atoms with Gasteiger partial charge >= 0.3 is 0 Å². The number of aromatic nitrogens is 4. The van der Waals surface area contributed by atoms with Crippen LogP contribution in [0.4, 0.5) is 11.6 Å². The second-order valence-electron chi connectivity index (χ2n) is 5.48. The van der Waals surface area contributed by atoms with E-state index in [1.807, 2.05) is 50.9 Å². The Labute approximate surface area is 133 Å². The summed E-state index contributed by atoms with van der Waals surface area (Å²) in [5, 5.41) is 5.97. The molecule has 6 nitrogen and oxygen atoms in total. The molecule has 0 atom stereocenters. The van der Waals surface area contributed by atoms with Crippen molar-refractivity contribution in [2.45, 2.75) is 0 Å². The van der Waals surface area contributed by atoms with Crippen LogP contribution in [0.25, 0.3) is 32.9 Å². The number of nitrogens with zero attached hydrogens (tertiary/aromatic N) is 4. The van der Waals surface area contributed by atoms with Crippen LogP contribution in [0.15, 0.2) is 43.0 Å². The molecule has 4 rings (SSSR count). The van der Waals surface area contributed by atoms with Crippen molar-refractivity contribution in [3.8, 4) is 11.3 Å². The van der Waals surface area contributed by atoms with Gasteiger partial charge in [-0.2, -0.15) is 0 Å². The Morgan fingerprint density at radius 2 is 2.00 bits per heavy atom. The fourth-order valence-corrected chi connectivity index (χ4v) is 2.89. The summed E-state index contributed by atoms with van der Waals surface area (Å²) >= 11 is 0. The van der Waals surface area contributed by atoms with Crippen molar-refractivity contribution in [1.82, 2.24) is 19.5 Å². The first-order valence-corrected chi connectivity index (χ1v) is 7.31. The van der Waals surface area contributed by atoms with Gasteiger partial charge in [-0.1, -0.05) is 0 Å². The number of rotatable bonds is 2. The monoisotopic (exact) mass is 304 g/mol. The average Bonchev–Trinajstić information content (AvgIpc) is 2.95. The van der Waals surface area contributed by atoms with Crippen LogP contribution >= 0.6 is 0 Å². The zero-order valence-corrected chi connectivity index (χ0v) is 12.9. The molecule has 3 N–H and O–H groups in total. The molecule has 0 fully saturated rings. The molecule has 0 saturated carbocycles. The molecular weight excluding hydrogens is 288 g/mol. The highest BCUT2D eigenvalue weighted by molar-refractivity contribution is 5.98. The number of anilines is 2. The molecule has 4 aromatic rings. The summed E-state index contributed by atoms with van der Waals surface area (Å²) in [5.74, 6) is 1.27. The van der Waals surface area contributed by atoms with Crippen LogP contribution in [-0.2, 0) is 7.05 Å². The number of aryl methyl sites for hydroxylation is 1. The number of fused-ring (bicyclic) bond motifs is 2. The minimum Gasteiger partial charge on any atom is -0.383 e. The van der Waals surface area contributed by atoms with Crippen molar-refractivity contribution < 1.29 is 0 Å². The third kappa shape index (κ3) is 2.07. The van der Waals surface area contributed by atoms with Crippen molar-refractivity contribution in [1.29, 1.82) is 0 Å². The third-order valence-electron chi connectivity index (χ3n) is 4.05. The summed E-state index contributed by atoms with van der Waals surface area (Å²) in [4.78, 5) is 13.2. The van der Waals surface area contributed by atoms with Gasteiger partial charge < -0.3 is 15.6 Å². The molecule has 0 aromatic carbocycles. The van der Waals surface area contributed by atoms with E-state index in [1.54, 1.807) is 6.20 Å². The first-order chi connectivity index (χ1) is 11.2. The SMILES string of the molecule is CNc1cc2cc(-c3cncc4ccn(C)c34)nc(N)c2cn1. The highest BCUT2D eigenvalue weighted by Crippen LogP contribution is 2.31. The van der Waals surface area contributed by atoms with Crippen molar-refractivity contribution in [3.05, 3.63) is 43.0 Å². The number of nitrogen functional groups attached to an aromatic ring is 1. The van der Waals surface area contributed by atoms with Gasteiger partial charge in [0.2, 0.25) is 0 Å². The van der Waals surface area contributed by atoms with Crippen molar-refractivity contribution in [2.75, 3.05) is 18.1 Å². The van der Waals surface area contributed by atoms with Crippen LogP contribution in [0.1, 0.15) is 0 Å². The van der Waals surface area contributed by atoms with Crippen LogP contribution in [0.5, 0.6) is 0 Å². The predicted octanol–water partition coefficient (Wildman–Crippen LogP) is 2.81. The molecule has 0 amide bonds. The average molecular weight is 304 g/mol. The summed E-state index contributed by atoms with van der Waals surface area (Å²) < 4.78 is 2.07. The second kappa shape index (κ2) is 4.95. The molecule has 4 heterocycles. The Morgan fingerprint density at radius 1 is 1.13 bits per heavy atom. The van der Waals surface area contributed by atoms with E-state index in [-0.39, 0.29) is 0 Å². The predicted molar refractivity (Wildman–Crippen MR) is 93.2 cm³/mol. The van der Waals surface area contributed by atoms with Crippen molar-refractivity contribution in [2.24, 2.45) is 7.05 Å². The van der Waals surface area contributed by atoms with Gasteiger partial charge in [0, 0.05) is 55.2 Å². The molecule has 0 aliphatic heterocycles. The standard InChI is InChI=1S/C17H16N6/c1-19-15-6-11-5-14(22-17(18)12(11)9-21-15)13-8-20-7-10-3-4-23(2)16(10)13/h3-9H,1-2H3,(H2,18,22)(H,19,21). The highest BCUT2D eigenvalue weighted by atomic mass is 15.0. The Morgan fingerprint density at radius 3 is 2.83 bits per heavy atom. The molecule has 0 bridgehead atoms. The molecule has 6 heteroatoms. The lowest BCUT2D eigenvalue weighted by molar-refractivity contribution is 0.968. The van der Waals surface area contributed by atoms with Gasteiger partial charge in [0.05, 0.1) is 11.2 Å². The van der Waals surface area contributed by atoms with Gasteiger partial charge in [0.15, 0.2) is 0 Å². The van der Waals surface area contributed by atoms with Gasteiger partial charge in [-0.3, -0.25) is 4.98 Å². The van der Waals surface area contributed by atoms with E-state index in [0.29, 0.717) is 5.82 Å². The maximum Gasteiger partial charge on any atom is 0.133 e. The zero-order valence-electron chi connectivity index (χ0n) is 12.9. The lowest BCUT2D eigenvalue weighted by Crippen LogP contribution is -1.98. The fourth-order valence-electron chi connectivity index (χ4n) is 2.89. The van der Waals surface area contributed by atoms with Crippen LogP contribution in [0, 0.1) is 0 Å². The minimum absolute atomic E-state index is 0.471. The van der Waals surface area contributed by atoms with E-state index >= 15 is 0 Å². The Kier molecular flexibility index (Phi) is 2.90. The largest absolute Gasteiger partial charge is 0.383 e. The lowest BCUT2D eigenvalue weighted by atomic mass is 10.1. The highest BCUT2D eigenvalue weighted by Gasteiger charge is 2.12. The maximum absolute atomic E-state index is 6.14. The van der Waals surface area contributed by atoms with E-state index in [0.717, 1.165) is 38.8 Å². The topological polar surface area (TPSA) is 81.7 Å². The fraction of sp³-hybridized carbons (Fsp3) is 0.118. The number of nitrogens with one attached hydrogen (secondary N) is 1. The first-order valence-electron chi connectivity index (χ1n) is 7.31. The van der Waals surface area contributed by atoms with E-state index in [2.05, 4.69) is 24.8 Å². The molecule has 0 saturated heterocycles. The quantitative estimate of drug-likeness (QED) is 0.595. The van der Waals surface area contributed by atoms with Crippen LogP contribution in [-0.4, -0.2) is 26.6 Å². The second-order valence-corrected chi connectivity index (χ2v) is 5.48. The smallest absolute Gasteiger partial charge is 0.133 e. The molecule has 0 spiro atoms. The van der Waals surface area contributed by atoms with Crippen LogP contribution in [0.2, 0.25) is 0 Å². The van der Waals surface area contributed by atoms with Gasteiger partial charge in [-0.25, -0.2) is 9.97 Å². The molecule has 114 valence electrons. The summed E-state index contributed by atoms with van der Waals surface area (Å²) in [5.41, 5.74) is 9.01. The van der Waals surface area contributed by atoms with E-state index in [4.69, 9.17) is 5.73 Å². The maximum atomic E-state index is 6.14. The van der Waals surface area contributed by atoms with Gasteiger partial charge in [0.25, 0.3) is 0 Å². The molecular formula is C17H16N6. The number of nitrogens with two attached hydrogens (primary N) is 1. The van der Waals surface area contributed by atoms with Crippen LogP contribution in [0.3, 0.4) is 0 Å². The zero-order chi connectivity index (χ0) is 16.0. The van der Waals surface area contributed by atoms with Crippen LogP contribution < -0.4 is 11.1 Å². The first kappa shape index (κ1) is 13.5. The minimum atomic E-state index is 0.471. The van der Waals surface area contributed by atoms with E-state index in [9.17, 15) is 0 Å². The molecule has 4 aromatic heterocycles. The van der Waals surface area contributed by atoms with E-state index < -0.39 is 0 Å². The summed E-state index contributed by atoms with van der Waals surface area (Å²) in [6, 6.07) is 6.03. The number of hydrogen-bond acceptors (Lipinski definition) is 5. The molecule has 0 aliphatic rings. The van der Waals surface area contributed by atoms with Gasteiger partial charge in [-0.05, 0) is 23.6 Å². The summed E-state index contributed by atoms with van der Waals surface area (Å²) in [6.45, 7) is 0. The normalized spacial score (nSPS) is 11.2. The Bertz CT molecular complexity index is 1030. The number of pyridine rings is 3. The number of hydrogen-bond donors (Lipinski definition) is 2. The molecule has 23 heavy (non-hydrogen) atoms. The third-order valence-corrected chi connectivity index (χ3v) is 4.05. The van der Waals surface area contributed by atoms with E-state index in [1.165, 1.54) is 0 Å². The summed E-state index contributed by atoms with van der Waals surface area (Å²) in [6.07, 6.45) is 7.44. The van der Waals surface area contributed by atoms with Crippen molar-refractivity contribution in [3.63, 3.8) is 0 Å². The molecule has 0 radical (unpaired) electrons.